The highest BCUT2D eigenvalue weighted by Gasteiger charge is 2.18. The zero-order chi connectivity index (χ0) is 9.84. The van der Waals surface area contributed by atoms with Crippen molar-refractivity contribution in [3.8, 4) is 0 Å². The van der Waals surface area contributed by atoms with Crippen LogP contribution >= 0.6 is 12.2 Å². The van der Waals surface area contributed by atoms with Crippen LogP contribution < -0.4 is 10.6 Å². The van der Waals surface area contributed by atoms with Crippen molar-refractivity contribution in [2.75, 3.05) is 20.3 Å². The fourth-order valence-electron chi connectivity index (χ4n) is 0.913. The number of nitrogens with one attached hydrogen (secondary N) is 2. The molecule has 0 amide bonds. The number of methoxy groups -OCH3 is 1. The highest BCUT2D eigenvalue weighted by atomic mass is 32.1. The van der Waals surface area contributed by atoms with E-state index < -0.39 is 0 Å². The second-order valence-electron chi connectivity index (χ2n) is 2.63. The Labute approximate surface area is 81.7 Å². The molecule has 0 radical (unpaired) electrons. The SMILES string of the molecule is COC(=S)NN1CC(C)=NC[NH+]1[O-]. The van der Waals surface area contributed by atoms with Gasteiger partial charge in [-0.25, -0.2) is 10.4 Å². The topological polar surface area (TPSA) is 64.4 Å². The van der Waals surface area contributed by atoms with E-state index in [1.54, 1.807) is 0 Å². The molecule has 74 valence electrons. The van der Waals surface area contributed by atoms with Crippen molar-refractivity contribution in [3.63, 3.8) is 0 Å². The van der Waals surface area contributed by atoms with E-state index in [0.29, 0.717) is 6.54 Å². The third kappa shape index (κ3) is 2.88. The zero-order valence-corrected chi connectivity index (χ0v) is 8.35. The first kappa shape index (κ1) is 10.3. The molecule has 1 rings (SSSR count). The number of hydrogen-bond donors (Lipinski definition) is 2. The van der Waals surface area contributed by atoms with E-state index in [1.165, 1.54) is 12.2 Å². The van der Waals surface area contributed by atoms with Gasteiger partial charge in [0.1, 0.15) is 6.54 Å². The second-order valence-corrected chi connectivity index (χ2v) is 3.01. The number of nitrogens with zero attached hydrogens (tertiary/aromatic N) is 2. The number of aliphatic imine (C=N–C) groups is 1. The Morgan fingerprint density at radius 3 is 3.15 bits per heavy atom. The van der Waals surface area contributed by atoms with Gasteiger partial charge in [-0.05, 0) is 19.1 Å². The predicted molar refractivity (Wildman–Crippen MR) is 51.8 cm³/mol. The van der Waals surface area contributed by atoms with Gasteiger partial charge < -0.3 is 9.94 Å². The molecular weight excluding hydrogens is 192 g/mol. The lowest BCUT2D eigenvalue weighted by Gasteiger charge is -2.34. The van der Waals surface area contributed by atoms with Crippen molar-refractivity contribution < 1.29 is 9.91 Å². The summed E-state index contributed by atoms with van der Waals surface area (Å²) < 4.78 is 4.72. The van der Waals surface area contributed by atoms with Crippen LogP contribution in [0.5, 0.6) is 0 Å². The molecule has 1 aliphatic rings. The Hall–Kier alpha value is -0.760. The summed E-state index contributed by atoms with van der Waals surface area (Å²) in [5.41, 5.74) is 3.56. The Bertz CT molecular complexity index is 233. The van der Waals surface area contributed by atoms with Crippen LogP contribution in [0.4, 0.5) is 0 Å². The van der Waals surface area contributed by atoms with Crippen molar-refractivity contribution >= 4 is 23.1 Å². The van der Waals surface area contributed by atoms with Crippen LogP contribution in [-0.2, 0) is 4.74 Å². The maximum Gasteiger partial charge on any atom is 0.275 e. The minimum atomic E-state index is -0.106. The van der Waals surface area contributed by atoms with Crippen LogP contribution in [0.3, 0.4) is 0 Å². The highest BCUT2D eigenvalue weighted by Crippen LogP contribution is 1.85. The average Bonchev–Trinajstić information content (AvgIpc) is 2.11. The number of quaternary nitrogens is 1. The van der Waals surface area contributed by atoms with Crippen LogP contribution in [0, 0.1) is 5.21 Å². The predicted octanol–water partition coefficient (Wildman–Crippen LogP) is -1.55. The molecule has 0 bridgehead atoms. The summed E-state index contributed by atoms with van der Waals surface area (Å²) in [4.78, 5) is 4.00. The van der Waals surface area contributed by atoms with E-state index in [0.717, 1.165) is 5.71 Å². The summed E-state index contributed by atoms with van der Waals surface area (Å²) in [6.45, 7) is 2.48. The van der Waals surface area contributed by atoms with Gasteiger partial charge in [0.2, 0.25) is 0 Å². The lowest BCUT2D eigenvalue weighted by Crippen LogP contribution is -3.16. The fraction of sp³-hybridized carbons (Fsp3) is 0.667. The summed E-state index contributed by atoms with van der Waals surface area (Å²) in [6.07, 6.45) is 0. The van der Waals surface area contributed by atoms with Gasteiger partial charge in [0.15, 0.2) is 6.67 Å². The molecule has 1 heterocycles. The number of hydroxylamine groups is 1. The molecule has 2 N–H and O–H groups in total. The fourth-order valence-corrected chi connectivity index (χ4v) is 1.02. The number of hydrogen-bond acceptors (Lipinski definition) is 5. The Morgan fingerprint density at radius 2 is 2.54 bits per heavy atom. The first-order chi connectivity index (χ1) is 6.13. The van der Waals surface area contributed by atoms with Crippen LogP contribution in [0.15, 0.2) is 4.99 Å². The molecule has 0 saturated carbocycles. The molecule has 0 aromatic heterocycles. The van der Waals surface area contributed by atoms with E-state index in [-0.39, 0.29) is 17.0 Å². The van der Waals surface area contributed by atoms with Crippen molar-refractivity contribution in [2.45, 2.75) is 6.92 Å². The van der Waals surface area contributed by atoms with Crippen LogP contribution in [-0.4, -0.2) is 36.3 Å². The van der Waals surface area contributed by atoms with Crippen LogP contribution in [0.1, 0.15) is 6.92 Å². The molecule has 0 spiro atoms. The van der Waals surface area contributed by atoms with Crippen molar-refractivity contribution in [1.29, 1.82) is 0 Å². The van der Waals surface area contributed by atoms with Gasteiger partial charge >= 0.3 is 0 Å². The largest absolute Gasteiger partial charge is 0.610 e. The summed E-state index contributed by atoms with van der Waals surface area (Å²) in [5, 5.41) is 12.7. The third-order valence-corrected chi connectivity index (χ3v) is 1.84. The van der Waals surface area contributed by atoms with Crippen molar-refractivity contribution in [1.82, 2.24) is 10.5 Å². The van der Waals surface area contributed by atoms with Gasteiger partial charge in [-0.3, -0.25) is 5.17 Å². The molecule has 0 aliphatic carbocycles. The summed E-state index contributed by atoms with van der Waals surface area (Å²) in [5.74, 6) is 0. The number of ether oxygens (including phenoxy) is 1. The molecule has 7 heteroatoms. The average molecular weight is 204 g/mol. The minimum Gasteiger partial charge on any atom is -0.610 e. The van der Waals surface area contributed by atoms with Crippen molar-refractivity contribution in [2.24, 2.45) is 4.99 Å². The van der Waals surface area contributed by atoms with Crippen molar-refractivity contribution in [3.05, 3.63) is 5.21 Å². The standard InChI is InChI=1S/C6H12N4O2S/c1-5-3-9(8-6(13)12-2)10(11)4-7-5/h10H,3-4H2,1-2H3,(H,8,13). The highest BCUT2D eigenvalue weighted by molar-refractivity contribution is 7.80. The molecule has 13 heavy (non-hydrogen) atoms. The Kier molecular flexibility index (Phi) is 3.55. The summed E-state index contributed by atoms with van der Waals surface area (Å²) in [6, 6.07) is 0. The molecule has 0 aromatic carbocycles. The van der Waals surface area contributed by atoms with Crippen LogP contribution in [0.25, 0.3) is 0 Å². The molecule has 1 aliphatic heterocycles. The molecule has 0 aromatic rings. The van der Waals surface area contributed by atoms with Gasteiger partial charge in [0, 0.05) is 5.71 Å². The third-order valence-electron chi connectivity index (χ3n) is 1.58. The summed E-state index contributed by atoms with van der Waals surface area (Å²) in [7, 11) is 1.45. The van der Waals surface area contributed by atoms with Gasteiger partial charge in [-0.2, -0.15) is 0 Å². The summed E-state index contributed by atoms with van der Waals surface area (Å²) >= 11 is 4.76. The molecule has 0 fully saturated rings. The number of rotatable bonds is 1. The Morgan fingerprint density at radius 1 is 1.85 bits per heavy atom. The zero-order valence-electron chi connectivity index (χ0n) is 7.53. The first-order valence-corrected chi connectivity index (χ1v) is 4.19. The molecular formula is C6H12N4O2S. The maximum absolute atomic E-state index is 11.2. The lowest BCUT2D eigenvalue weighted by molar-refractivity contribution is -0.978. The smallest absolute Gasteiger partial charge is 0.275 e. The van der Waals surface area contributed by atoms with Gasteiger partial charge in [-0.15, -0.1) is 0 Å². The molecule has 0 saturated heterocycles. The Balaban J connectivity index is 2.50. The monoisotopic (exact) mass is 204 g/mol. The van der Waals surface area contributed by atoms with Gasteiger partial charge in [0.05, 0.1) is 7.11 Å². The van der Waals surface area contributed by atoms with E-state index in [1.807, 2.05) is 6.92 Å². The minimum absolute atomic E-state index is 0.106. The number of hydrazine groups is 1. The first-order valence-electron chi connectivity index (χ1n) is 3.78. The van der Waals surface area contributed by atoms with E-state index in [9.17, 15) is 5.21 Å². The second kappa shape index (κ2) is 4.47. The quantitative estimate of drug-likeness (QED) is 0.400. The molecule has 6 nitrogen and oxygen atoms in total. The molecule has 1 atom stereocenters. The van der Waals surface area contributed by atoms with Crippen LogP contribution in [0.2, 0.25) is 0 Å². The number of thiocarbonyl (C=S) groups is 1. The van der Waals surface area contributed by atoms with E-state index >= 15 is 0 Å². The lowest BCUT2D eigenvalue weighted by atomic mass is 10.4. The van der Waals surface area contributed by atoms with Gasteiger partial charge in [-0.1, -0.05) is 5.12 Å². The normalized spacial score (nSPS) is 23.6. The molecule has 1 unspecified atom stereocenters. The van der Waals surface area contributed by atoms with E-state index in [4.69, 9.17) is 17.0 Å². The van der Waals surface area contributed by atoms with E-state index in [2.05, 4.69) is 10.4 Å². The maximum atomic E-state index is 11.2. The van der Waals surface area contributed by atoms with Gasteiger partial charge in [0.25, 0.3) is 5.17 Å².